The average Bonchev–Trinajstić information content (AvgIpc) is 2.99. The minimum atomic E-state index is -0.0811. The van der Waals surface area contributed by atoms with Crippen LogP contribution < -0.4 is 14.8 Å². The van der Waals surface area contributed by atoms with E-state index in [1.54, 1.807) is 7.11 Å². The van der Waals surface area contributed by atoms with Crippen LogP contribution in [0, 0.1) is 0 Å². The normalized spacial score (nSPS) is 10.3. The van der Waals surface area contributed by atoms with Crippen molar-refractivity contribution in [1.29, 1.82) is 0 Å². The van der Waals surface area contributed by atoms with Gasteiger partial charge in [0.05, 0.1) is 13.7 Å². The van der Waals surface area contributed by atoms with E-state index >= 15 is 0 Å². The van der Waals surface area contributed by atoms with Crippen LogP contribution in [0.3, 0.4) is 0 Å². The molecule has 118 valence electrons. The van der Waals surface area contributed by atoms with Crippen molar-refractivity contribution in [2.45, 2.75) is 26.2 Å². The van der Waals surface area contributed by atoms with Gasteiger partial charge in [-0.15, -0.1) is 10.2 Å². The van der Waals surface area contributed by atoms with E-state index < -0.39 is 0 Å². The lowest BCUT2D eigenvalue weighted by atomic mass is 10.3. The Labute approximate surface area is 133 Å². The standard InChI is InChI=1S/C15H19N3O3S/c1-3-14-17-18-15(22-14)16-13(19)9-6-10-21-12-8-5-4-7-11(12)20-2/h4-5,7-8H,3,6,9-10H2,1-2H3,(H,16,18,19). The molecule has 1 N–H and O–H groups in total. The van der Waals surface area contributed by atoms with Gasteiger partial charge in [-0.3, -0.25) is 4.79 Å². The number of hydrogen-bond acceptors (Lipinski definition) is 6. The molecule has 0 atom stereocenters. The van der Waals surface area contributed by atoms with E-state index in [1.165, 1.54) is 11.3 Å². The fraction of sp³-hybridized carbons (Fsp3) is 0.400. The molecule has 2 rings (SSSR count). The molecule has 22 heavy (non-hydrogen) atoms. The van der Waals surface area contributed by atoms with E-state index in [0.717, 1.165) is 11.4 Å². The van der Waals surface area contributed by atoms with Crippen molar-refractivity contribution >= 4 is 22.4 Å². The van der Waals surface area contributed by atoms with Gasteiger partial charge in [0.1, 0.15) is 5.01 Å². The van der Waals surface area contributed by atoms with Crippen molar-refractivity contribution in [2.24, 2.45) is 0 Å². The second-order valence-corrected chi connectivity index (χ2v) is 5.57. The van der Waals surface area contributed by atoms with Gasteiger partial charge in [0.25, 0.3) is 0 Å². The Morgan fingerprint density at radius 3 is 2.73 bits per heavy atom. The number of amides is 1. The first-order valence-electron chi connectivity index (χ1n) is 7.11. The second-order valence-electron chi connectivity index (χ2n) is 4.51. The number of anilines is 1. The first kappa shape index (κ1) is 16.2. The average molecular weight is 321 g/mol. The summed E-state index contributed by atoms with van der Waals surface area (Å²) in [7, 11) is 1.60. The van der Waals surface area contributed by atoms with Gasteiger partial charge >= 0.3 is 0 Å². The Bertz CT molecular complexity index is 616. The van der Waals surface area contributed by atoms with Gasteiger partial charge in [0.15, 0.2) is 11.5 Å². The number of ether oxygens (including phenoxy) is 2. The molecule has 7 heteroatoms. The summed E-state index contributed by atoms with van der Waals surface area (Å²) in [6.45, 7) is 2.45. The smallest absolute Gasteiger partial charge is 0.226 e. The van der Waals surface area contributed by atoms with Crippen LogP contribution in [0.15, 0.2) is 24.3 Å². The molecule has 6 nitrogen and oxygen atoms in total. The molecule has 2 aromatic rings. The molecule has 0 saturated carbocycles. The number of rotatable bonds is 8. The number of hydrogen-bond donors (Lipinski definition) is 1. The number of aromatic nitrogens is 2. The van der Waals surface area contributed by atoms with Crippen LogP contribution in [0.1, 0.15) is 24.8 Å². The zero-order chi connectivity index (χ0) is 15.8. The van der Waals surface area contributed by atoms with Gasteiger partial charge < -0.3 is 14.8 Å². The van der Waals surface area contributed by atoms with Gasteiger partial charge in [-0.05, 0) is 25.0 Å². The maximum absolute atomic E-state index is 11.8. The molecular formula is C15H19N3O3S. The Kier molecular flexibility index (Phi) is 6.14. The SMILES string of the molecule is CCc1nnc(NC(=O)CCCOc2ccccc2OC)s1. The number of nitrogens with zero attached hydrogens (tertiary/aromatic N) is 2. The van der Waals surface area contributed by atoms with E-state index in [1.807, 2.05) is 31.2 Å². The van der Waals surface area contributed by atoms with Crippen LogP contribution >= 0.6 is 11.3 Å². The summed E-state index contributed by atoms with van der Waals surface area (Å²) in [6.07, 6.45) is 1.81. The molecule has 0 unspecified atom stereocenters. The predicted molar refractivity (Wildman–Crippen MR) is 85.6 cm³/mol. The van der Waals surface area contributed by atoms with Crippen LogP contribution in [-0.4, -0.2) is 29.8 Å². The number of methoxy groups -OCH3 is 1. The maximum Gasteiger partial charge on any atom is 0.226 e. The van der Waals surface area contributed by atoms with E-state index in [2.05, 4.69) is 15.5 Å². The summed E-state index contributed by atoms with van der Waals surface area (Å²) in [4.78, 5) is 11.8. The minimum absolute atomic E-state index is 0.0811. The molecule has 0 radical (unpaired) electrons. The van der Waals surface area contributed by atoms with Crippen molar-refractivity contribution in [3.05, 3.63) is 29.3 Å². The third-order valence-corrected chi connectivity index (χ3v) is 3.87. The highest BCUT2D eigenvalue weighted by molar-refractivity contribution is 7.15. The van der Waals surface area contributed by atoms with Gasteiger partial charge in [0, 0.05) is 6.42 Å². The molecule has 1 heterocycles. The zero-order valence-corrected chi connectivity index (χ0v) is 13.5. The highest BCUT2D eigenvalue weighted by Crippen LogP contribution is 2.25. The van der Waals surface area contributed by atoms with Crippen LogP contribution in [-0.2, 0) is 11.2 Å². The lowest BCUT2D eigenvalue weighted by molar-refractivity contribution is -0.116. The summed E-state index contributed by atoms with van der Waals surface area (Å²) in [5.74, 6) is 1.29. The van der Waals surface area contributed by atoms with Gasteiger partial charge in [-0.25, -0.2) is 0 Å². The number of carbonyl (C=O) groups is 1. The number of benzene rings is 1. The maximum atomic E-state index is 11.8. The van der Waals surface area contributed by atoms with Crippen molar-refractivity contribution < 1.29 is 14.3 Å². The lowest BCUT2D eigenvalue weighted by Crippen LogP contribution is -2.12. The summed E-state index contributed by atoms with van der Waals surface area (Å²) < 4.78 is 10.8. The quantitative estimate of drug-likeness (QED) is 0.757. The Balaban J connectivity index is 1.71. The molecule has 0 saturated heterocycles. The largest absolute Gasteiger partial charge is 0.493 e. The van der Waals surface area contributed by atoms with Crippen LogP contribution in [0.4, 0.5) is 5.13 Å². The molecule has 1 aromatic carbocycles. The van der Waals surface area contributed by atoms with Crippen molar-refractivity contribution in [3.8, 4) is 11.5 Å². The molecule has 0 aliphatic carbocycles. The summed E-state index contributed by atoms with van der Waals surface area (Å²) >= 11 is 1.40. The minimum Gasteiger partial charge on any atom is -0.493 e. The fourth-order valence-corrected chi connectivity index (χ4v) is 2.48. The number of carbonyl (C=O) groups excluding carboxylic acids is 1. The topological polar surface area (TPSA) is 73.3 Å². The molecule has 0 aliphatic heterocycles. The van der Waals surface area contributed by atoms with Gasteiger partial charge in [-0.2, -0.15) is 0 Å². The van der Waals surface area contributed by atoms with E-state index in [9.17, 15) is 4.79 Å². The summed E-state index contributed by atoms with van der Waals surface area (Å²) in [5, 5.41) is 12.1. The highest BCUT2D eigenvalue weighted by Gasteiger charge is 2.08. The first-order chi connectivity index (χ1) is 10.7. The third kappa shape index (κ3) is 4.70. The van der Waals surface area contributed by atoms with E-state index in [0.29, 0.717) is 36.1 Å². The highest BCUT2D eigenvalue weighted by atomic mass is 32.1. The summed E-state index contributed by atoms with van der Waals surface area (Å²) in [5.41, 5.74) is 0. The van der Waals surface area contributed by atoms with E-state index in [-0.39, 0.29) is 5.91 Å². The molecule has 0 aliphatic rings. The van der Waals surface area contributed by atoms with Crippen molar-refractivity contribution in [1.82, 2.24) is 10.2 Å². The van der Waals surface area contributed by atoms with Gasteiger partial charge in [0.2, 0.25) is 11.0 Å². The molecule has 1 amide bonds. The Morgan fingerprint density at radius 1 is 1.27 bits per heavy atom. The van der Waals surface area contributed by atoms with Crippen molar-refractivity contribution in [2.75, 3.05) is 19.0 Å². The third-order valence-electron chi connectivity index (χ3n) is 2.89. The molecule has 0 fully saturated rings. The molecule has 0 bridgehead atoms. The van der Waals surface area contributed by atoms with Gasteiger partial charge in [-0.1, -0.05) is 30.4 Å². The molecule has 0 spiro atoms. The Hall–Kier alpha value is -2.15. The van der Waals surface area contributed by atoms with Crippen molar-refractivity contribution in [3.63, 3.8) is 0 Å². The molecular weight excluding hydrogens is 302 g/mol. The first-order valence-corrected chi connectivity index (χ1v) is 7.92. The van der Waals surface area contributed by atoms with E-state index in [4.69, 9.17) is 9.47 Å². The number of aryl methyl sites for hydroxylation is 1. The predicted octanol–water partition coefficient (Wildman–Crippen LogP) is 2.91. The molecule has 1 aromatic heterocycles. The monoisotopic (exact) mass is 321 g/mol. The number of nitrogens with one attached hydrogen (secondary N) is 1. The fourth-order valence-electron chi connectivity index (χ4n) is 1.78. The summed E-state index contributed by atoms with van der Waals surface area (Å²) in [6, 6.07) is 7.44. The zero-order valence-electron chi connectivity index (χ0n) is 12.7. The second kappa shape index (κ2) is 8.33. The van der Waals surface area contributed by atoms with Crippen LogP contribution in [0.2, 0.25) is 0 Å². The van der Waals surface area contributed by atoms with Crippen LogP contribution in [0.5, 0.6) is 11.5 Å². The number of para-hydroxylation sites is 2. The Morgan fingerprint density at radius 2 is 2.05 bits per heavy atom. The van der Waals surface area contributed by atoms with Crippen LogP contribution in [0.25, 0.3) is 0 Å². The lowest BCUT2D eigenvalue weighted by Gasteiger charge is -2.09.